The van der Waals surface area contributed by atoms with Crippen molar-refractivity contribution in [2.75, 3.05) is 14.2 Å². The fourth-order valence-corrected chi connectivity index (χ4v) is 4.00. The maximum absolute atomic E-state index is 14.3. The Morgan fingerprint density at radius 3 is 2.48 bits per heavy atom. The molecule has 0 aliphatic heterocycles. The molecule has 0 unspecified atom stereocenters. The number of hydrogen-bond acceptors (Lipinski definition) is 5. The van der Waals surface area contributed by atoms with E-state index in [-0.39, 0.29) is 18.0 Å². The zero-order valence-electron chi connectivity index (χ0n) is 15.4. The number of sulfonamides is 1. The van der Waals surface area contributed by atoms with E-state index in [1.54, 1.807) is 0 Å². The first-order valence-electron chi connectivity index (χ1n) is 8.10. The SMILES string of the molecule is COc1cc(F)c(S(=O)(=O)NCc2nc3cccc(C)c3n2C)cc1OC. The van der Waals surface area contributed by atoms with Crippen LogP contribution in [0, 0.1) is 12.7 Å². The number of ether oxygens (including phenoxy) is 2. The summed E-state index contributed by atoms with van der Waals surface area (Å²) in [6.45, 7) is 1.87. The highest BCUT2D eigenvalue weighted by atomic mass is 32.2. The molecule has 27 heavy (non-hydrogen) atoms. The largest absolute Gasteiger partial charge is 0.493 e. The van der Waals surface area contributed by atoms with E-state index in [0.717, 1.165) is 28.7 Å². The van der Waals surface area contributed by atoms with Gasteiger partial charge in [-0.05, 0) is 18.6 Å². The number of para-hydroxylation sites is 1. The topological polar surface area (TPSA) is 82.5 Å². The van der Waals surface area contributed by atoms with Crippen molar-refractivity contribution < 1.29 is 22.3 Å². The number of rotatable bonds is 6. The standard InChI is InChI=1S/C18H20FN3O4S/c1-11-6-5-7-13-18(11)22(2)17(21-13)10-20-27(23,24)16-9-15(26-4)14(25-3)8-12(16)19/h5-9,20H,10H2,1-4H3. The smallest absolute Gasteiger partial charge is 0.244 e. The maximum atomic E-state index is 14.3. The molecule has 1 heterocycles. The first kappa shape index (κ1) is 19.1. The van der Waals surface area contributed by atoms with Crippen LogP contribution in [0.25, 0.3) is 11.0 Å². The molecule has 7 nitrogen and oxygen atoms in total. The molecule has 1 N–H and O–H groups in total. The van der Waals surface area contributed by atoms with Gasteiger partial charge in [0.05, 0.1) is 31.8 Å². The number of methoxy groups -OCH3 is 2. The number of fused-ring (bicyclic) bond motifs is 1. The van der Waals surface area contributed by atoms with Crippen molar-refractivity contribution in [1.82, 2.24) is 14.3 Å². The number of imidazole rings is 1. The third kappa shape index (κ3) is 3.47. The van der Waals surface area contributed by atoms with Crippen LogP contribution in [0.5, 0.6) is 11.5 Å². The molecule has 3 aromatic rings. The molecule has 0 atom stereocenters. The Kier molecular flexibility index (Phi) is 5.07. The van der Waals surface area contributed by atoms with E-state index in [2.05, 4.69) is 9.71 Å². The number of nitrogens with zero attached hydrogens (tertiary/aromatic N) is 2. The van der Waals surface area contributed by atoms with Crippen LogP contribution in [0.3, 0.4) is 0 Å². The number of hydrogen-bond donors (Lipinski definition) is 1. The van der Waals surface area contributed by atoms with Gasteiger partial charge in [-0.2, -0.15) is 0 Å². The van der Waals surface area contributed by atoms with Crippen molar-refractivity contribution in [2.24, 2.45) is 7.05 Å². The zero-order chi connectivity index (χ0) is 19.8. The maximum Gasteiger partial charge on any atom is 0.244 e. The van der Waals surface area contributed by atoms with Gasteiger partial charge in [-0.1, -0.05) is 12.1 Å². The minimum atomic E-state index is -4.12. The fraction of sp³-hybridized carbons (Fsp3) is 0.278. The van der Waals surface area contributed by atoms with E-state index in [4.69, 9.17) is 9.47 Å². The van der Waals surface area contributed by atoms with Gasteiger partial charge >= 0.3 is 0 Å². The molecule has 0 saturated heterocycles. The van der Waals surface area contributed by atoms with Crippen LogP contribution >= 0.6 is 0 Å². The van der Waals surface area contributed by atoms with Gasteiger partial charge in [0.25, 0.3) is 0 Å². The molecule has 0 radical (unpaired) electrons. The molecular formula is C18H20FN3O4S. The van der Waals surface area contributed by atoms with Crippen molar-refractivity contribution >= 4 is 21.1 Å². The second-order valence-electron chi connectivity index (χ2n) is 5.99. The summed E-state index contributed by atoms with van der Waals surface area (Å²) in [5.41, 5.74) is 2.72. The van der Waals surface area contributed by atoms with E-state index < -0.39 is 20.7 Å². The van der Waals surface area contributed by atoms with Gasteiger partial charge in [0.15, 0.2) is 11.5 Å². The average Bonchev–Trinajstić information content (AvgIpc) is 2.96. The van der Waals surface area contributed by atoms with E-state index >= 15 is 0 Å². The van der Waals surface area contributed by atoms with Crippen LogP contribution in [-0.4, -0.2) is 32.2 Å². The molecular weight excluding hydrogens is 373 g/mol. The van der Waals surface area contributed by atoms with Gasteiger partial charge in [-0.3, -0.25) is 0 Å². The number of benzene rings is 2. The highest BCUT2D eigenvalue weighted by molar-refractivity contribution is 7.89. The third-order valence-electron chi connectivity index (χ3n) is 4.34. The fourth-order valence-electron chi connectivity index (χ4n) is 2.95. The molecule has 0 fully saturated rings. The van der Waals surface area contributed by atoms with Crippen LogP contribution < -0.4 is 14.2 Å². The van der Waals surface area contributed by atoms with Crippen molar-refractivity contribution in [2.45, 2.75) is 18.4 Å². The lowest BCUT2D eigenvalue weighted by atomic mass is 10.2. The lowest BCUT2D eigenvalue weighted by molar-refractivity contribution is 0.350. The molecule has 1 aromatic heterocycles. The summed E-state index contributed by atoms with van der Waals surface area (Å²) in [6.07, 6.45) is 0. The zero-order valence-corrected chi connectivity index (χ0v) is 16.2. The average molecular weight is 393 g/mol. The second kappa shape index (κ2) is 7.16. The summed E-state index contributed by atoms with van der Waals surface area (Å²) in [7, 11) is 0.377. The summed E-state index contributed by atoms with van der Waals surface area (Å²) in [6, 6.07) is 7.77. The molecule has 0 aliphatic carbocycles. The van der Waals surface area contributed by atoms with Gasteiger partial charge in [0, 0.05) is 19.2 Å². The normalized spacial score (nSPS) is 11.7. The summed E-state index contributed by atoms with van der Waals surface area (Å²) in [4.78, 5) is 3.93. The molecule has 2 aromatic carbocycles. The van der Waals surface area contributed by atoms with E-state index in [0.29, 0.717) is 5.82 Å². The third-order valence-corrected chi connectivity index (χ3v) is 5.75. The predicted octanol–water partition coefficient (Wildman–Crippen LogP) is 2.52. The van der Waals surface area contributed by atoms with Gasteiger partial charge in [-0.25, -0.2) is 22.5 Å². The lowest BCUT2D eigenvalue weighted by Crippen LogP contribution is -2.25. The minimum absolute atomic E-state index is 0.0826. The van der Waals surface area contributed by atoms with Crippen molar-refractivity contribution in [3.63, 3.8) is 0 Å². The van der Waals surface area contributed by atoms with Gasteiger partial charge in [0.1, 0.15) is 16.5 Å². The van der Waals surface area contributed by atoms with Gasteiger partial charge in [0.2, 0.25) is 10.0 Å². The highest BCUT2D eigenvalue weighted by Gasteiger charge is 2.23. The first-order chi connectivity index (χ1) is 12.8. The monoisotopic (exact) mass is 393 g/mol. The van der Waals surface area contributed by atoms with Crippen LogP contribution in [0.1, 0.15) is 11.4 Å². The van der Waals surface area contributed by atoms with Crippen molar-refractivity contribution in [3.05, 3.63) is 47.5 Å². The Bertz CT molecular complexity index is 1110. The first-order valence-corrected chi connectivity index (χ1v) is 9.59. The minimum Gasteiger partial charge on any atom is -0.493 e. The number of nitrogens with one attached hydrogen (secondary N) is 1. The Balaban J connectivity index is 1.92. The summed E-state index contributed by atoms with van der Waals surface area (Å²) < 4.78 is 53.8. The quantitative estimate of drug-likeness (QED) is 0.696. The van der Waals surface area contributed by atoms with Crippen molar-refractivity contribution in [3.8, 4) is 11.5 Å². The van der Waals surface area contributed by atoms with Crippen LogP contribution in [-0.2, 0) is 23.6 Å². The lowest BCUT2D eigenvalue weighted by Gasteiger charge is -2.12. The Morgan fingerprint density at radius 2 is 1.85 bits per heavy atom. The summed E-state index contributed by atoms with van der Waals surface area (Å²) in [5.74, 6) is -0.179. The Morgan fingerprint density at radius 1 is 1.19 bits per heavy atom. The molecule has 144 valence electrons. The summed E-state index contributed by atoms with van der Waals surface area (Å²) >= 11 is 0. The van der Waals surface area contributed by atoms with E-state index in [1.807, 2.05) is 36.7 Å². The molecule has 3 rings (SSSR count). The second-order valence-corrected chi connectivity index (χ2v) is 7.73. The molecule has 0 saturated carbocycles. The molecule has 0 bridgehead atoms. The number of halogens is 1. The molecule has 0 aliphatic rings. The Hall–Kier alpha value is -2.65. The number of aryl methyl sites for hydroxylation is 2. The summed E-state index contributed by atoms with van der Waals surface area (Å²) in [5, 5.41) is 0. The Labute approximate surface area is 156 Å². The van der Waals surface area contributed by atoms with Crippen LogP contribution in [0.15, 0.2) is 35.2 Å². The van der Waals surface area contributed by atoms with Crippen molar-refractivity contribution in [1.29, 1.82) is 0 Å². The molecule has 0 spiro atoms. The number of aromatic nitrogens is 2. The van der Waals surface area contributed by atoms with Crippen LogP contribution in [0.4, 0.5) is 4.39 Å². The van der Waals surface area contributed by atoms with E-state index in [9.17, 15) is 12.8 Å². The highest BCUT2D eigenvalue weighted by Crippen LogP contribution is 2.32. The predicted molar refractivity (Wildman–Crippen MR) is 99.0 cm³/mol. The molecule has 0 amide bonds. The van der Waals surface area contributed by atoms with Gasteiger partial charge in [-0.15, -0.1) is 0 Å². The van der Waals surface area contributed by atoms with Gasteiger partial charge < -0.3 is 14.0 Å². The van der Waals surface area contributed by atoms with Crippen LogP contribution in [0.2, 0.25) is 0 Å². The molecule has 9 heteroatoms. The van der Waals surface area contributed by atoms with E-state index in [1.165, 1.54) is 14.2 Å².